The van der Waals surface area contributed by atoms with Crippen molar-refractivity contribution in [2.24, 2.45) is 5.92 Å². The Morgan fingerprint density at radius 3 is 2.19 bits per heavy atom. The molecule has 8 heteroatoms. The standard InChI is InChI=1S/C23H38N5O2P/c1-16(2)26-31(27-17(3)4)12-9-18-7-10-28(11-8-18)23-19-13-21(29-5)22(30-6)14-20(19)24-15-25-23/h13-18,26-27H,7-12H2,1-6H3. The summed E-state index contributed by atoms with van der Waals surface area (Å²) in [7, 11) is 3.00. The van der Waals surface area contributed by atoms with Gasteiger partial charge < -0.3 is 14.4 Å². The first-order valence-electron chi connectivity index (χ1n) is 11.3. The van der Waals surface area contributed by atoms with Crippen molar-refractivity contribution >= 4 is 24.9 Å². The molecule has 2 N–H and O–H groups in total. The van der Waals surface area contributed by atoms with Crippen molar-refractivity contribution < 1.29 is 9.47 Å². The molecule has 0 spiro atoms. The van der Waals surface area contributed by atoms with Crippen LogP contribution in [0.25, 0.3) is 10.9 Å². The number of hydrogen-bond donors (Lipinski definition) is 2. The molecular formula is C23H38N5O2P. The van der Waals surface area contributed by atoms with E-state index in [1.807, 2.05) is 12.1 Å². The van der Waals surface area contributed by atoms with Gasteiger partial charge in [0.2, 0.25) is 0 Å². The van der Waals surface area contributed by atoms with Gasteiger partial charge in [0.25, 0.3) is 0 Å². The molecule has 1 aliphatic heterocycles. The van der Waals surface area contributed by atoms with Gasteiger partial charge in [-0.15, -0.1) is 0 Å². The molecule has 0 radical (unpaired) electrons. The number of nitrogens with one attached hydrogen (secondary N) is 2. The normalized spacial score (nSPS) is 15.5. The van der Waals surface area contributed by atoms with Crippen molar-refractivity contribution in [2.75, 3.05) is 38.4 Å². The molecule has 2 heterocycles. The fourth-order valence-corrected chi connectivity index (χ4v) is 6.36. The summed E-state index contributed by atoms with van der Waals surface area (Å²) in [6.45, 7) is 11.0. The second-order valence-electron chi connectivity index (χ2n) is 8.86. The molecule has 0 amide bonds. The predicted octanol–water partition coefficient (Wildman–Crippen LogP) is 4.56. The maximum atomic E-state index is 5.50. The number of nitrogens with zero attached hydrogens (tertiary/aromatic N) is 3. The van der Waals surface area contributed by atoms with Crippen LogP contribution in [-0.2, 0) is 0 Å². The van der Waals surface area contributed by atoms with Gasteiger partial charge in [0.1, 0.15) is 12.1 Å². The van der Waals surface area contributed by atoms with Crippen LogP contribution >= 0.6 is 8.22 Å². The van der Waals surface area contributed by atoms with E-state index in [0.717, 1.165) is 35.7 Å². The monoisotopic (exact) mass is 447 g/mol. The van der Waals surface area contributed by atoms with Crippen LogP contribution in [0.3, 0.4) is 0 Å². The Labute approximate surface area is 188 Å². The number of ether oxygens (including phenoxy) is 2. The lowest BCUT2D eigenvalue weighted by Gasteiger charge is -2.34. The van der Waals surface area contributed by atoms with E-state index in [0.29, 0.717) is 23.6 Å². The first kappa shape index (κ1) is 24.0. The zero-order valence-corrected chi connectivity index (χ0v) is 20.7. The van der Waals surface area contributed by atoms with Crippen LogP contribution in [0.2, 0.25) is 0 Å². The summed E-state index contributed by atoms with van der Waals surface area (Å²) < 4.78 is 10.9. The second-order valence-corrected chi connectivity index (χ2v) is 10.7. The third-order valence-electron chi connectivity index (χ3n) is 5.62. The van der Waals surface area contributed by atoms with Gasteiger partial charge >= 0.3 is 0 Å². The first-order valence-corrected chi connectivity index (χ1v) is 12.9. The minimum atomic E-state index is -0.313. The number of hydrogen-bond acceptors (Lipinski definition) is 7. The molecule has 3 rings (SSSR count). The molecule has 172 valence electrons. The van der Waals surface area contributed by atoms with Crippen molar-refractivity contribution in [2.45, 2.75) is 59.0 Å². The molecule has 1 aliphatic rings. The molecule has 31 heavy (non-hydrogen) atoms. The summed E-state index contributed by atoms with van der Waals surface area (Å²) >= 11 is 0. The summed E-state index contributed by atoms with van der Waals surface area (Å²) in [4.78, 5) is 11.5. The molecule has 1 aromatic carbocycles. The van der Waals surface area contributed by atoms with Gasteiger partial charge in [-0.1, -0.05) is 0 Å². The van der Waals surface area contributed by atoms with Gasteiger partial charge in [-0.2, -0.15) is 0 Å². The fourth-order valence-electron chi connectivity index (χ4n) is 4.16. The van der Waals surface area contributed by atoms with Gasteiger partial charge in [0.05, 0.1) is 19.7 Å². The van der Waals surface area contributed by atoms with Crippen molar-refractivity contribution in [3.8, 4) is 11.5 Å². The molecule has 1 fully saturated rings. The molecule has 0 saturated carbocycles. The Morgan fingerprint density at radius 2 is 1.61 bits per heavy atom. The van der Waals surface area contributed by atoms with Gasteiger partial charge in [0, 0.05) is 44.8 Å². The van der Waals surface area contributed by atoms with E-state index in [2.05, 4.69) is 52.7 Å². The highest BCUT2D eigenvalue weighted by molar-refractivity contribution is 7.53. The predicted molar refractivity (Wildman–Crippen MR) is 131 cm³/mol. The Morgan fingerprint density at radius 1 is 1.00 bits per heavy atom. The van der Waals surface area contributed by atoms with Crippen LogP contribution in [0, 0.1) is 5.92 Å². The SMILES string of the molecule is COc1cc2ncnc(N3CCC(CCP(NC(C)C)NC(C)C)CC3)c2cc1OC. The lowest BCUT2D eigenvalue weighted by molar-refractivity contribution is 0.355. The third-order valence-corrected chi connectivity index (χ3v) is 7.98. The third kappa shape index (κ3) is 6.41. The molecule has 0 unspecified atom stereocenters. The number of benzene rings is 1. The summed E-state index contributed by atoms with van der Waals surface area (Å²) in [6.07, 6.45) is 6.55. The maximum absolute atomic E-state index is 5.50. The lowest BCUT2D eigenvalue weighted by atomic mass is 9.94. The summed E-state index contributed by atoms with van der Waals surface area (Å²) in [5.74, 6) is 3.17. The van der Waals surface area contributed by atoms with E-state index >= 15 is 0 Å². The number of fused-ring (bicyclic) bond motifs is 1. The van der Waals surface area contributed by atoms with Gasteiger partial charge in [-0.3, -0.25) is 10.2 Å². The summed E-state index contributed by atoms with van der Waals surface area (Å²) in [5, 5.41) is 8.48. The lowest BCUT2D eigenvalue weighted by Crippen LogP contribution is -2.35. The van der Waals surface area contributed by atoms with Crippen molar-refractivity contribution in [3.63, 3.8) is 0 Å². The van der Waals surface area contributed by atoms with Crippen molar-refractivity contribution in [1.29, 1.82) is 0 Å². The number of aromatic nitrogens is 2. The minimum Gasteiger partial charge on any atom is -0.493 e. The van der Waals surface area contributed by atoms with E-state index in [1.54, 1.807) is 20.5 Å². The highest BCUT2D eigenvalue weighted by Crippen LogP contribution is 2.37. The molecular weight excluding hydrogens is 409 g/mol. The summed E-state index contributed by atoms with van der Waals surface area (Å²) in [6, 6.07) is 4.96. The van der Waals surface area contributed by atoms with E-state index in [9.17, 15) is 0 Å². The van der Waals surface area contributed by atoms with Crippen molar-refractivity contribution in [3.05, 3.63) is 18.5 Å². The average molecular weight is 448 g/mol. The van der Waals surface area contributed by atoms with Crippen LogP contribution < -0.4 is 24.5 Å². The van der Waals surface area contributed by atoms with Gasteiger partial charge in [-0.05, 0) is 65.1 Å². The largest absolute Gasteiger partial charge is 0.493 e. The first-order chi connectivity index (χ1) is 14.9. The molecule has 2 aromatic rings. The van der Waals surface area contributed by atoms with Crippen LogP contribution in [0.4, 0.5) is 5.82 Å². The van der Waals surface area contributed by atoms with Crippen LogP contribution in [0.1, 0.15) is 47.0 Å². The number of rotatable bonds is 10. The van der Waals surface area contributed by atoms with E-state index < -0.39 is 0 Å². The zero-order chi connectivity index (χ0) is 22.4. The molecule has 0 bridgehead atoms. The molecule has 1 aromatic heterocycles. The van der Waals surface area contributed by atoms with Crippen LogP contribution in [0.15, 0.2) is 18.5 Å². The van der Waals surface area contributed by atoms with E-state index in [1.165, 1.54) is 25.4 Å². The minimum absolute atomic E-state index is 0.313. The Kier molecular flexibility index (Phi) is 8.70. The van der Waals surface area contributed by atoms with Gasteiger partial charge in [0.15, 0.2) is 11.5 Å². The Bertz CT molecular complexity index is 830. The smallest absolute Gasteiger partial charge is 0.162 e. The van der Waals surface area contributed by atoms with Gasteiger partial charge in [-0.25, -0.2) is 9.97 Å². The van der Waals surface area contributed by atoms with Crippen LogP contribution in [0.5, 0.6) is 11.5 Å². The van der Waals surface area contributed by atoms with E-state index in [4.69, 9.17) is 9.47 Å². The highest BCUT2D eigenvalue weighted by atomic mass is 31.1. The molecule has 0 aliphatic carbocycles. The topological polar surface area (TPSA) is 71.5 Å². The number of piperidine rings is 1. The molecule has 7 nitrogen and oxygen atoms in total. The van der Waals surface area contributed by atoms with E-state index in [-0.39, 0.29) is 8.22 Å². The van der Waals surface area contributed by atoms with Crippen molar-refractivity contribution in [1.82, 2.24) is 20.1 Å². The maximum Gasteiger partial charge on any atom is 0.162 e. The second kappa shape index (κ2) is 11.3. The summed E-state index contributed by atoms with van der Waals surface area (Å²) in [5.41, 5.74) is 0.884. The highest BCUT2D eigenvalue weighted by Gasteiger charge is 2.23. The van der Waals surface area contributed by atoms with Crippen LogP contribution in [-0.4, -0.2) is 55.5 Å². The zero-order valence-electron chi connectivity index (χ0n) is 19.8. The molecule has 1 saturated heterocycles. The number of anilines is 1. The Hall–Kier alpha value is -1.69. The average Bonchev–Trinajstić information content (AvgIpc) is 2.75. The number of methoxy groups -OCH3 is 2. The molecule has 0 atom stereocenters. The Balaban J connectivity index is 1.63. The quantitative estimate of drug-likeness (QED) is 0.517. The fraction of sp³-hybridized carbons (Fsp3) is 0.652.